The first-order valence-corrected chi connectivity index (χ1v) is 14.4. The standard InChI is InChI=1S/C28H48NO8P/c1-4-5-6-7-8-9-10-11-12-13-14-15-16-17-18-19-20-21-27(31)37-25(22-30)23-35-38(34-3)36-24-26(29)28(32)33-2/h8-9,11-12,14-15,17-18,25-26,30H,4-7,10,13,16,19-24,29H2,1-3H3/b9-8-,12-11-,15-14-,18-17-. The molecule has 3 unspecified atom stereocenters. The number of aliphatic hydroxyl groups excluding tert-OH is 1. The minimum absolute atomic E-state index is 0.119. The zero-order valence-electron chi connectivity index (χ0n) is 23.3. The van der Waals surface area contributed by atoms with Crippen molar-refractivity contribution in [3.8, 4) is 0 Å². The summed E-state index contributed by atoms with van der Waals surface area (Å²) in [6.45, 7) is 1.54. The highest BCUT2D eigenvalue weighted by Crippen LogP contribution is 2.38. The van der Waals surface area contributed by atoms with E-state index in [1.807, 2.05) is 6.08 Å². The molecule has 9 nitrogen and oxygen atoms in total. The van der Waals surface area contributed by atoms with Crippen LogP contribution in [0.25, 0.3) is 0 Å². The van der Waals surface area contributed by atoms with Crippen LogP contribution in [0.5, 0.6) is 0 Å². The summed E-state index contributed by atoms with van der Waals surface area (Å²) in [6, 6.07) is -0.972. The lowest BCUT2D eigenvalue weighted by Crippen LogP contribution is -2.35. The first-order chi connectivity index (χ1) is 18.5. The summed E-state index contributed by atoms with van der Waals surface area (Å²) in [6.07, 6.45) is 25.9. The summed E-state index contributed by atoms with van der Waals surface area (Å²) in [5.74, 6) is -1.04. The van der Waals surface area contributed by atoms with E-state index in [0.29, 0.717) is 6.42 Å². The number of methoxy groups -OCH3 is 1. The fourth-order valence-corrected chi connectivity index (χ4v) is 3.80. The molecule has 0 aromatic heterocycles. The Balaban J connectivity index is 3.94. The van der Waals surface area contributed by atoms with Gasteiger partial charge in [0.15, 0.2) is 0 Å². The third-order valence-corrected chi connectivity index (χ3v) is 6.11. The molecule has 0 radical (unpaired) electrons. The van der Waals surface area contributed by atoms with E-state index in [1.54, 1.807) is 0 Å². The Morgan fingerprint density at radius 1 is 0.842 bits per heavy atom. The summed E-state index contributed by atoms with van der Waals surface area (Å²) in [5, 5.41) is 9.47. The lowest BCUT2D eigenvalue weighted by atomic mass is 10.2. The molecule has 0 aliphatic carbocycles. The van der Waals surface area contributed by atoms with Gasteiger partial charge in [-0.05, 0) is 44.9 Å². The molecule has 0 heterocycles. The zero-order valence-corrected chi connectivity index (χ0v) is 24.2. The number of hydrogen-bond donors (Lipinski definition) is 2. The molecule has 0 spiro atoms. The van der Waals surface area contributed by atoms with Crippen molar-refractivity contribution in [2.24, 2.45) is 5.73 Å². The molecule has 0 fully saturated rings. The fraction of sp³-hybridized carbons (Fsp3) is 0.643. The highest BCUT2D eigenvalue weighted by Gasteiger charge is 2.21. The van der Waals surface area contributed by atoms with Gasteiger partial charge in [-0.1, -0.05) is 68.4 Å². The lowest BCUT2D eigenvalue weighted by molar-refractivity contribution is -0.153. The predicted molar refractivity (Wildman–Crippen MR) is 151 cm³/mol. The maximum absolute atomic E-state index is 12.1. The Bertz CT molecular complexity index is 711. The molecule has 0 saturated heterocycles. The molecule has 38 heavy (non-hydrogen) atoms. The van der Waals surface area contributed by atoms with E-state index in [-0.39, 0.29) is 19.6 Å². The number of carbonyl (C=O) groups excluding carboxylic acids is 2. The highest BCUT2D eigenvalue weighted by atomic mass is 31.2. The first kappa shape index (κ1) is 36.1. The van der Waals surface area contributed by atoms with Crippen molar-refractivity contribution in [3.63, 3.8) is 0 Å². The molecular weight excluding hydrogens is 509 g/mol. The van der Waals surface area contributed by atoms with Gasteiger partial charge in [-0.2, -0.15) is 0 Å². The van der Waals surface area contributed by atoms with Gasteiger partial charge in [0, 0.05) is 13.5 Å². The van der Waals surface area contributed by atoms with Gasteiger partial charge in [0.2, 0.25) is 0 Å². The predicted octanol–water partition coefficient (Wildman–Crippen LogP) is 5.44. The summed E-state index contributed by atoms with van der Waals surface area (Å²) in [5.41, 5.74) is 5.59. The van der Waals surface area contributed by atoms with Gasteiger partial charge in [-0.15, -0.1) is 0 Å². The number of esters is 2. The van der Waals surface area contributed by atoms with Crippen molar-refractivity contribution in [1.29, 1.82) is 0 Å². The van der Waals surface area contributed by atoms with Crippen molar-refractivity contribution in [1.82, 2.24) is 0 Å². The maximum atomic E-state index is 12.1. The van der Waals surface area contributed by atoms with Crippen molar-refractivity contribution in [3.05, 3.63) is 48.6 Å². The minimum Gasteiger partial charge on any atom is -0.468 e. The van der Waals surface area contributed by atoms with Crippen LogP contribution in [0, 0.1) is 0 Å². The second-order valence-electron chi connectivity index (χ2n) is 8.40. The highest BCUT2D eigenvalue weighted by molar-refractivity contribution is 7.41. The number of aliphatic hydroxyl groups is 1. The smallest absolute Gasteiger partial charge is 0.332 e. The van der Waals surface area contributed by atoms with Gasteiger partial charge < -0.3 is 33.9 Å². The fourth-order valence-electron chi connectivity index (χ4n) is 2.94. The van der Waals surface area contributed by atoms with Gasteiger partial charge in [0.25, 0.3) is 0 Å². The second-order valence-corrected chi connectivity index (χ2v) is 9.73. The van der Waals surface area contributed by atoms with Gasteiger partial charge in [0.05, 0.1) is 26.9 Å². The third kappa shape index (κ3) is 22.1. The third-order valence-electron chi connectivity index (χ3n) is 5.09. The van der Waals surface area contributed by atoms with E-state index in [1.165, 1.54) is 39.9 Å². The van der Waals surface area contributed by atoms with Crippen LogP contribution in [0.3, 0.4) is 0 Å². The molecule has 0 bridgehead atoms. The van der Waals surface area contributed by atoms with Crippen LogP contribution in [0.4, 0.5) is 0 Å². The number of hydrogen-bond acceptors (Lipinski definition) is 9. The van der Waals surface area contributed by atoms with Crippen LogP contribution in [-0.4, -0.2) is 63.2 Å². The Morgan fingerprint density at radius 2 is 1.39 bits per heavy atom. The minimum atomic E-state index is -1.83. The van der Waals surface area contributed by atoms with Crippen LogP contribution in [0.15, 0.2) is 48.6 Å². The first-order valence-electron chi connectivity index (χ1n) is 13.3. The molecule has 0 aliphatic heterocycles. The van der Waals surface area contributed by atoms with E-state index < -0.39 is 39.3 Å². The zero-order chi connectivity index (χ0) is 28.3. The van der Waals surface area contributed by atoms with Crippen molar-refractivity contribution in [2.45, 2.75) is 83.3 Å². The molecule has 0 amide bonds. The number of rotatable bonds is 24. The van der Waals surface area contributed by atoms with Crippen molar-refractivity contribution in [2.75, 3.05) is 34.0 Å². The molecule has 3 atom stereocenters. The Labute approximate surface area is 230 Å². The van der Waals surface area contributed by atoms with Gasteiger partial charge in [-0.3, -0.25) is 9.59 Å². The molecule has 218 valence electrons. The SMILES string of the molecule is CCCCC/C=C\C/C=C\C/C=C\C/C=C\CCCC(=O)OC(CO)COP(OC)OCC(N)C(=O)OC. The van der Waals surface area contributed by atoms with Crippen LogP contribution in [0.2, 0.25) is 0 Å². The van der Waals surface area contributed by atoms with Gasteiger partial charge >= 0.3 is 20.5 Å². The van der Waals surface area contributed by atoms with E-state index in [0.717, 1.165) is 25.7 Å². The van der Waals surface area contributed by atoms with Crippen LogP contribution < -0.4 is 5.73 Å². The Hall–Kier alpha value is -1.87. The average Bonchev–Trinajstić information content (AvgIpc) is 2.93. The van der Waals surface area contributed by atoms with Crippen molar-refractivity contribution < 1.29 is 37.7 Å². The second kappa shape index (κ2) is 26.7. The van der Waals surface area contributed by atoms with Crippen LogP contribution in [0.1, 0.15) is 71.1 Å². The van der Waals surface area contributed by atoms with Crippen LogP contribution >= 0.6 is 8.60 Å². The van der Waals surface area contributed by atoms with E-state index in [2.05, 4.69) is 54.2 Å². The Kier molecular flexibility index (Phi) is 25.4. The van der Waals surface area contributed by atoms with Crippen molar-refractivity contribution >= 4 is 20.5 Å². The molecule has 0 rings (SSSR count). The topological polar surface area (TPSA) is 127 Å². The summed E-state index contributed by atoms with van der Waals surface area (Å²) < 4.78 is 25.5. The molecule has 0 saturated carbocycles. The molecule has 0 aliphatic rings. The summed E-state index contributed by atoms with van der Waals surface area (Å²) in [4.78, 5) is 23.4. The number of ether oxygens (including phenoxy) is 2. The number of nitrogens with two attached hydrogens (primary N) is 1. The molecule has 0 aromatic rings. The average molecular weight is 558 g/mol. The van der Waals surface area contributed by atoms with Gasteiger partial charge in [0.1, 0.15) is 12.1 Å². The maximum Gasteiger partial charge on any atom is 0.332 e. The summed E-state index contributed by atoms with van der Waals surface area (Å²) in [7, 11) is 0.766. The molecule has 10 heteroatoms. The van der Waals surface area contributed by atoms with Crippen LogP contribution in [-0.2, 0) is 32.6 Å². The van der Waals surface area contributed by atoms with E-state index in [9.17, 15) is 14.7 Å². The number of carbonyl (C=O) groups is 2. The quantitative estimate of drug-likeness (QED) is 0.0690. The largest absolute Gasteiger partial charge is 0.468 e. The normalized spacial score (nSPS) is 14.6. The Morgan fingerprint density at radius 3 is 1.92 bits per heavy atom. The number of unbranched alkanes of at least 4 members (excludes halogenated alkanes) is 4. The monoisotopic (exact) mass is 557 g/mol. The lowest BCUT2D eigenvalue weighted by Gasteiger charge is -2.20. The molecule has 0 aromatic carbocycles. The molecular formula is C28H48NO8P. The number of allylic oxidation sites excluding steroid dienone is 8. The molecule has 3 N–H and O–H groups in total. The van der Waals surface area contributed by atoms with E-state index in [4.69, 9.17) is 24.0 Å². The summed E-state index contributed by atoms with van der Waals surface area (Å²) >= 11 is 0. The van der Waals surface area contributed by atoms with Gasteiger partial charge in [-0.25, -0.2) is 0 Å². The van der Waals surface area contributed by atoms with E-state index >= 15 is 0 Å².